The van der Waals surface area contributed by atoms with Gasteiger partial charge in [0.1, 0.15) is 0 Å². The molecular weight excluding hydrogens is 335 g/mol. The highest BCUT2D eigenvalue weighted by atomic mass is 79.9. The molecule has 1 aromatic rings. The van der Waals surface area contributed by atoms with E-state index in [4.69, 9.17) is 14.0 Å². The van der Waals surface area contributed by atoms with Crippen molar-refractivity contribution < 1.29 is 18.8 Å². The Hall–Kier alpha value is -0.845. The lowest BCUT2D eigenvalue weighted by atomic mass is 9.75. The number of esters is 1. The fraction of sp³-hybridized carbons (Fsp3) is 0.533. The maximum Gasteiger partial charge on any atom is 0.495 e. The van der Waals surface area contributed by atoms with E-state index in [-0.39, 0.29) is 5.97 Å². The third-order valence-electron chi connectivity index (χ3n) is 4.26. The molecule has 1 fully saturated rings. The van der Waals surface area contributed by atoms with Crippen molar-refractivity contribution >= 4 is 34.5 Å². The summed E-state index contributed by atoms with van der Waals surface area (Å²) in [6, 6.07) is 5.49. The molecule has 1 heterocycles. The molecule has 0 saturated carbocycles. The van der Waals surface area contributed by atoms with Crippen LogP contribution in [-0.2, 0) is 19.4 Å². The van der Waals surface area contributed by atoms with E-state index in [1.807, 2.05) is 39.8 Å². The predicted molar refractivity (Wildman–Crippen MR) is 86.1 cm³/mol. The van der Waals surface area contributed by atoms with Crippen LogP contribution in [0.25, 0.3) is 0 Å². The zero-order valence-electron chi connectivity index (χ0n) is 13.0. The first-order valence-corrected chi connectivity index (χ1v) is 7.97. The number of hydrogen-bond acceptors (Lipinski definition) is 4. The van der Waals surface area contributed by atoms with Gasteiger partial charge in [0, 0.05) is 5.33 Å². The van der Waals surface area contributed by atoms with Crippen molar-refractivity contribution in [2.45, 2.75) is 44.2 Å². The number of hydrogen-bond donors (Lipinski definition) is 0. The molecule has 6 heteroatoms. The molecule has 1 saturated heterocycles. The minimum absolute atomic E-state index is 0.359. The molecule has 21 heavy (non-hydrogen) atoms. The van der Waals surface area contributed by atoms with Crippen LogP contribution in [0.3, 0.4) is 0 Å². The molecule has 0 bridgehead atoms. The molecule has 0 aliphatic carbocycles. The van der Waals surface area contributed by atoms with Crippen LogP contribution in [0, 0.1) is 0 Å². The van der Waals surface area contributed by atoms with E-state index in [1.54, 1.807) is 6.07 Å². The maximum absolute atomic E-state index is 11.9. The van der Waals surface area contributed by atoms with Gasteiger partial charge < -0.3 is 14.0 Å². The monoisotopic (exact) mass is 354 g/mol. The van der Waals surface area contributed by atoms with Gasteiger partial charge in [0.2, 0.25) is 0 Å². The zero-order chi connectivity index (χ0) is 15.8. The molecule has 0 spiro atoms. The Labute approximate surface area is 134 Å². The van der Waals surface area contributed by atoms with Crippen molar-refractivity contribution in [2.75, 3.05) is 7.11 Å². The van der Waals surface area contributed by atoms with Crippen molar-refractivity contribution in [3.8, 4) is 0 Å². The van der Waals surface area contributed by atoms with Crippen molar-refractivity contribution in [3.63, 3.8) is 0 Å². The molecule has 0 radical (unpaired) electrons. The first-order chi connectivity index (χ1) is 9.73. The molecule has 0 unspecified atom stereocenters. The van der Waals surface area contributed by atoms with Gasteiger partial charge in [-0.2, -0.15) is 0 Å². The molecule has 1 aromatic carbocycles. The summed E-state index contributed by atoms with van der Waals surface area (Å²) in [7, 11) is 0.883. The second kappa shape index (κ2) is 5.74. The Balaban J connectivity index is 2.44. The summed E-state index contributed by atoms with van der Waals surface area (Å²) in [6.45, 7) is 8.02. The van der Waals surface area contributed by atoms with Crippen molar-refractivity contribution in [1.29, 1.82) is 0 Å². The molecule has 1 aliphatic heterocycles. The van der Waals surface area contributed by atoms with E-state index >= 15 is 0 Å². The van der Waals surface area contributed by atoms with Gasteiger partial charge in [-0.15, -0.1) is 0 Å². The van der Waals surface area contributed by atoms with Crippen LogP contribution in [0.4, 0.5) is 0 Å². The minimum atomic E-state index is -0.493. The highest BCUT2D eigenvalue weighted by molar-refractivity contribution is 9.08. The molecule has 4 nitrogen and oxygen atoms in total. The van der Waals surface area contributed by atoms with E-state index in [0.717, 1.165) is 11.0 Å². The smallest absolute Gasteiger partial charge is 0.465 e. The van der Waals surface area contributed by atoms with E-state index < -0.39 is 18.3 Å². The summed E-state index contributed by atoms with van der Waals surface area (Å²) in [5, 5.41) is 0.525. The second-order valence-corrected chi connectivity index (χ2v) is 6.65. The first kappa shape index (κ1) is 16.5. The van der Waals surface area contributed by atoms with E-state index in [9.17, 15) is 4.79 Å². The van der Waals surface area contributed by atoms with E-state index in [0.29, 0.717) is 10.9 Å². The number of alkyl halides is 1. The minimum Gasteiger partial charge on any atom is -0.465 e. The lowest BCUT2D eigenvalue weighted by Crippen LogP contribution is -2.41. The molecule has 0 N–H and O–H groups in total. The van der Waals surface area contributed by atoms with Gasteiger partial charge in [0.25, 0.3) is 0 Å². The molecule has 1 aliphatic rings. The van der Waals surface area contributed by atoms with Crippen LogP contribution in [0.15, 0.2) is 18.2 Å². The fourth-order valence-electron chi connectivity index (χ4n) is 2.25. The summed E-state index contributed by atoms with van der Waals surface area (Å²) < 4.78 is 17.0. The van der Waals surface area contributed by atoms with Gasteiger partial charge in [-0.3, -0.25) is 0 Å². The Morgan fingerprint density at radius 1 is 1.24 bits per heavy atom. The van der Waals surface area contributed by atoms with Crippen LogP contribution < -0.4 is 5.46 Å². The van der Waals surface area contributed by atoms with Gasteiger partial charge in [-0.1, -0.05) is 28.1 Å². The summed E-state index contributed by atoms with van der Waals surface area (Å²) in [6.07, 6.45) is 0. The summed E-state index contributed by atoms with van der Waals surface area (Å²) >= 11 is 3.44. The third kappa shape index (κ3) is 2.89. The molecule has 114 valence electrons. The lowest BCUT2D eigenvalue weighted by molar-refractivity contribution is 0.00578. The van der Waals surface area contributed by atoms with Gasteiger partial charge in [0.05, 0.1) is 23.9 Å². The van der Waals surface area contributed by atoms with Crippen molar-refractivity contribution in [2.24, 2.45) is 0 Å². The lowest BCUT2D eigenvalue weighted by Gasteiger charge is -2.32. The number of rotatable bonds is 3. The standard InChI is InChI=1S/C15H20BBrO4/c1-14(2)15(3,4)21-16(20-14)12-8-6-7-10(11(12)9-17)13(18)19-5/h6-8H,9H2,1-5H3. The second-order valence-electron chi connectivity index (χ2n) is 6.09. The van der Waals surface area contributed by atoms with Crippen LogP contribution >= 0.6 is 15.9 Å². The molecular formula is C15H20BBrO4. The predicted octanol–water partition coefficient (Wildman–Crippen LogP) is 2.67. The van der Waals surface area contributed by atoms with Crippen LogP contribution in [-0.4, -0.2) is 31.4 Å². The first-order valence-electron chi connectivity index (χ1n) is 6.85. The van der Waals surface area contributed by atoms with Crippen LogP contribution in [0.1, 0.15) is 43.6 Å². The van der Waals surface area contributed by atoms with Crippen LogP contribution in [0.2, 0.25) is 0 Å². The summed E-state index contributed by atoms with van der Waals surface area (Å²) in [4.78, 5) is 11.9. The Kier molecular flexibility index (Phi) is 4.52. The van der Waals surface area contributed by atoms with Gasteiger partial charge in [-0.05, 0) is 44.8 Å². The number of methoxy groups -OCH3 is 1. The number of benzene rings is 1. The van der Waals surface area contributed by atoms with Crippen molar-refractivity contribution in [1.82, 2.24) is 0 Å². The van der Waals surface area contributed by atoms with E-state index in [2.05, 4.69) is 15.9 Å². The molecule has 0 aromatic heterocycles. The van der Waals surface area contributed by atoms with Gasteiger partial charge in [-0.25, -0.2) is 4.79 Å². The number of carbonyl (C=O) groups is 1. The Morgan fingerprint density at radius 3 is 2.29 bits per heavy atom. The number of carbonyl (C=O) groups excluding carboxylic acids is 1. The highest BCUT2D eigenvalue weighted by Gasteiger charge is 2.52. The average Bonchev–Trinajstić information content (AvgIpc) is 2.65. The molecule has 0 atom stereocenters. The van der Waals surface area contributed by atoms with E-state index in [1.165, 1.54) is 7.11 Å². The number of halogens is 1. The fourth-order valence-corrected chi connectivity index (χ4v) is 2.87. The van der Waals surface area contributed by atoms with Gasteiger partial charge >= 0.3 is 13.1 Å². The normalized spacial score (nSPS) is 19.6. The zero-order valence-corrected chi connectivity index (χ0v) is 14.6. The summed E-state index contributed by atoms with van der Waals surface area (Å²) in [5.74, 6) is -0.359. The highest BCUT2D eigenvalue weighted by Crippen LogP contribution is 2.37. The third-order valence-corrected chi connectivity index (χ3v) is 4.82. The molecule has 2 rings (SSSR count). The van der Waals surface area contributed by atoms with Crippen LogP contribution in [0.5, 0.6) is 0 Å². The average molecular weight is 355 g/mol. The quantitative estimate of drug-likeness (QED) is 0.475. The van der Waals surface area contributed by atoms with Gasteiger partial charge in [0.15, 0.2) is 0 Å². The number of ether oxygens (including phenoxy) is 1. The SMILES string of the molecule is COC(=O)c1cccc(B2OC(C)(C)C(C)(C)O2)c1CBr. The molecule has 0 amide bonds. The Morgan fingerprint density at radius 2 is 1.81 bits per heavy atom. The topological polar surface area (TPSA) is 44.8 Å². The van der Waals surface area contributed by atoms with Crippen molar-refractivity contribution in [3.05, 3.63) is 29.3 Å². The maximum atomic E-state index is 11.9. The summed E-state index contributed by atoms with van der Waals surface area (Å²) in [5.41, 5.74) is 1.39. The largest absolute Gasteiger partial charge is 0.495 e. The Bertz CT molecular complexity index is 541.